The second-order valence-electron chi connectivity index (χ2n) is 3.91. The van der Waals surface area contributed by atoms with E-state index in [2.05, 4.69) is 10.3 Å². The van der Waals surface area contributed by atoms with E-state index in [0.29, 0.717) is 11.3 Å². The summed E-state index contributed by atoms with van der Waals surface area (Å²) < 4.78 is 25.7. The number of hydrogen-bond acceptors (Lipinski definition) is 3. The summed E-state index contributed by atoms with van der Waals surface area (Å²) in [6.45, 7) is 0.0759. The molecule has 1 amide bonds. The Kier molecular flexibility index (Phi) is 3.70. The lowest BCUT2D eigenvalue weighted by Crippen LogP contribution is -2.24. The normalized spacial score (nSPS) is 10.2. The van der Waals surface area contributed by atoms with Gasteiger partial charge in [-0.3, -0.25) is 9.78 Å². The van der Waals surface area contributed by atoms with Gasteiger partial charge in [0.1, 0.15) is 5.69 Å². The van der Waals surface area contributed by atoms with E-state index in [1.807, 2.05) is 0 Å². The second-order valence-corrected chi connectivity index (χ2v) is 3.91. The van der Waals surface area contributed by atoms with Crippen molar-refractivity contribution in [3.8, 4) is 0 Å². The Labute approximate surface area is 108 Å². The average Bonchev–Trinajstić information content (AvgIpc) is 2.40. The maximum atomic E-state index is 13.0. The van der Waals surface area contributed by atoms with Gasteiger partial charge in [0.25, 0.3) is 5.91 Å². The molecule has 0 spiro atoms. The van der Waals surface area contributed by atoms with Crippen LogP contribution in [0.25, 0.3) is 0 Å². The van der Waals surface area contributed by atoms with Crippen LogP contribution in [-0.4, -0.2) is 10.9 Å². The highest BCUT2D eigenvalue weighted by Gasteiger charge is 2.08. The number of benzene rings is 1. The van der Waals surface area contributed by atoms with Gasteiger partial charge in [-0.05, 0) is 29.8 Å². The van der Waals surface area contributed by atoms with Gasteiger partial charge >= 0.3 is 0 Å². The van der Waals surface area contributed by atoms with Crippen LogP contribution in [0.1, 0.15) is 16.1 Å². The van der Waals surface area contributed by atoms with E-state index in [9.17, 15) is 13.6 Å². The second kappa shape index (κ2) is 5.43. The van der Waals surface area contributed by atoms with Crippen molar-refractivity contribution in [2.24, 2.45) is 0 Å². The van der Waals surface area contributed by atoms with Crippen molar-refractivity contribution in [2.45, 2.75) is 6.54 Å². The smallest absolute Gasteiger partial charge is 0.270 e. The van der Waals surface area contributed by atoms with Gasteiger partial charge in [-0.1, -0.05) is 6.07 Å². The number of nitrogens with one attached hydrogen (secondary N) is 1. The van der Waals surface area contributed by atoms with E-state index >= 15 is 0 Å². The molecule has 2 aromatic rings. The molecule has 0 radical (unpaired) electrons. The first-order valence-electron chi connectivity index (χ1n) is 5.50. The summed E-state index contributed by atoms with van der Waals surface area (Å²) >= 11 is 0. The number of halogens is 2. The Hall–Kier alpha value is -2.50. The van der Waals surface area contributed by atoms with Crippen LogP contribution in [0.15, 0.2) is 36.5 Å². The number of nitrogens with zero attached hydrogens (tertiary/aromatic N) is 1. The molecular weight excluding hydrogens is 252 g/mol. The van der Waals surface area contributed by atoms with Gasteiger partial charge in [0.2, 0.25) is 0 Å². The summed E-state index contributed by atoms with van der Waals surface area (Å²) in [4.78, 5) is 15.6. The van der Waals surface area contributed by atoms with Crippen LogP contribution < -0.4 is 11.1 Å². The van der Waals surface area contributed by atoms with E-state index in [0.717, 1.165) is 12.1 Å². The van der Waals surface area contributed by atoms with Crippen LogP contribution in [0.4, 0.5) is 14.5 Å². The Morgan fingerprint density at radius 3 is 2.68 bits per heavy atom. The fraction of sp³-hybridized carbons (Fsp3) is 0.0769. The molecule has 19 heavy (non-hydrogen) atoms. The Balaban J connectivity index is 2.02. The number of aromatic nitrogens is 1. The lowest BCUT2D eigenvalue weighted by atomic mass is 10.2. The van der Waals surface area contributed by atoms with Crippen molar-refractivity contribution < 1.29 is 13.6 Å². The minimum Gasteiger partial charge on any atom is -0.399 e. The first kappa shape index (κ1) is 12.9. The number of anilines is 1. The molecule has 0 atom stereocenters. The number of amides is 1. The highest BCUT2D eigenvalue weighted by atomic mass is 19.2. The van der Waals surface area contributed by atoms with Crippen molar-refractivity contribution in [1.82, 2.24) is 10.3 Å². The first-order chi connectivity index (χ1) is 9.06. The van der Waals surface area contributed by atoms with E-state index in [1.165, 1.54) is 18.3 Å². The number of rotatable bonds is 3. The van der Waals surface area contributed by atoms with Gasteiger partial charge in [0.05, 0.1) is 0 Å². The maximum absolute atomic E-state index is 13.0. The van der Waals surface area contributed by atoms with Gasteiger partial charge in [0.15, 0.2) is 11.6 Å². The number of nitrogens with two attached hydrogens (primary N) is 1. The zero-order chi connectivity index (χ0) is 13.8. The van der Waals surface area contributed by atoms with Gasteiger partial charge in [0, 0.05) is 18.4 Å². The quantitative estimate of drug-likeness (QED) is 0.888. The predicted molar refractivity (Wildman–Crippen MR) is 66.2 cm³/mol. The summed E-state index contributed by atoms with van der Waals surface area (Å²) in [7, 11) is 0. The zero-order valence-corrected chi connectivity index (χ0v) is 9.86. The number of nitrogen functional groups attached to an aromatic ring is 1. The molecule has 0 fully saturated rings. The highest BCUT2D eigenvalue weighted by Crippen LogP contribution is 2.09. The van der Waals surface area contributed by atoms with Gasteiger partial charge in [-0.25, -0.2) is 8.78 Å². The molecule has 0 saturated carbocycles. The Morgan fingerprint density at radius 2 is 2.00 bits per heavy atom. The molecule has 1 heterocycles. The average molecular weight is 263 g/mol. The molecule has 2 rings (SSSR count). The molecule has 0 unspecified atom stereocenters. The molecule has 98 valence electrons. The third kappa shape index (κ3) is 3.25. The number of hydrogen-bond donors (Lipinski definition) is 2. The van der Waals surface area contributed by atoms with Crippen molar-refractivity contribution in [2.75, 3.05) is 5.73 Å². The van der Waals surface area contributed by atoms with Gasteiger partial charge < -0.3 is 11.1 Å². The SMILES string of the molecule is Nc1ccnc(C(=O)NCc2ccc(F)c(F)c2)c1. The van der Waals surface area contributed by atoms with Gasteiger partial charge in [-0.2, -0.15) is 0 Å². The maximum Gasteiger partial charge on any atom is 0.270 e. The molecule has 4 nitrogen and oxygen atoms in total. The van der Waals surface area contributed by atoms with Crippen molar-refractivity contribution in [3.63, 3.8) is 0 Å². The molecule has 3 N–H and O–H groups in total. The molecule has 1 aromatic heterocycles. The molecular formula is C13H11F2N3O. The van der Waals surface area contributed by atoms with Crippen LogP contribution in [-0.2, 0) is 6.54 Å². The number of carbonyl (C=O) groups is 1. The zero-order valence-electron chi connectivity index (χ0n) is 9.86. The minimum atomic E-state index is -0.950. The third-order valence-electron chi connectivity index (χ3n) is 2.45. The van der Waals surface area contributed by atoms with E-state index in [1.54, 1.807) is 6.07 Å². The standard InChI is InChI=1S/C13H11F2N3O/c14-10-2-1-8(5-11(10)15)7-18-13(19)12-6-9(16)3-4-17-12/h1-6H,7H2,(H2,16,17)(H,18,19). The van der Waals surface area contributed by atoms with Crippen LogP contribution in [0.2, 0.25) is 0 Å². The van der Waals surface area contributed by atoms with Crippen LogP contribution >= 0.6 is 0 Å². The first-order valence-corrected chi connectivity index (χ1v) is 5.50. The Bertz CT molecular complexity index is 617. The monoisotopic (exact) mass is 263 g/mol. The van der Waals surface area contributed by atoms with Crippen LogP contribution in [0.3, 0.4) is 0 Å². The fourth-order valence-electron chi connectivity index (χ4n) is 1.49. The summed E-state index contributed by atoms with van der Waals surface area (Å²) in [5.41, 5.74) is 6.58. The Morgan fingerprint density at radius 1 is 1.21 bits per heavy atom. The van der Waals surface area contributed by atoms with Crippen molar-refractivity contribution >= 4 is 11.6 Å². The molecule has 0 aliphatic rings. The van der Waals surface area contributed by atoms with Crippen molar-refractivity contribution in [3.05, 3.63) is 59.4 Å². The highest BCUT2D eigenvalue weighted by molar-refractivity contribution is 5.92. The van der Waals surface area contributed by atoms with E-state index < -0.39 is 17.5 Å². The summed E-state index contributed by atoms with van der Waals surface area (Å²) in [6.07, 6.45) is 1.42. The molecule has 0 aliphatic heterocycles. The fourth-order valence-corrected chi connectivity index (χ4v) is 1.49. The van der Waals surface area contributed by atoms with Gasteiger partial charge in [-0.15, -0.1) is 0 Å². The molecule has 1 aromatic carbocycles. The third-order valence-corrected chi connectivity index (χ3v) is 2.45. The largest absolute Gasteiger partial charge is 0.399 e. The van der Waals surface area contributed by atoms with E-state index in [-0.39, 0.29) is 12.2 Å². The molecule has 0 bridgehead atoms. The number of carbonyl (C=O) groups excluding carboxylic acids is 1. The van der Waals surface area contributed by atoms with Crippen LogP contribution in [0.5, 0.6) is 0 Å². The van der Waals surface area contributed by atoms with Crippen molar-refractivity contribution in [1.29, 1.82) is 0 Å². The molecule has 6 heteroatoms. The minimum absolute atomic E-state index is 0.0759. The summed E-state index contributed by atoms with van der Waals surface area (Å²) in [5.74, 6) is -2.31. The lowest BCUT2D eigenvalue weighted by Gasteiger charge is -2.05. The molecule has 0 aliphatic carbocycles. The summed E-state index contributed by atoms with van der Waals surface area (Å²) in [6, 6.07) is 6.43. The predicted octanol–water partition coefficient (Wildman–Crippen LogP) is 1.87. The van der Waals surface area contributed by atoms with E-state index in [4.69, 9.17) is 5.73 Å². The topological polar surface area (TPSA) is 68.0 Å². The lowest BCUT2D eigenvalue weighted by molar-refractivity contribution is 0.0946. The molecule has 0 saturated heterocycles. The number of pyridine rings is 1. The summed E-state index contributed by atoms with van der Waals surface area (Å²) in [5, 5.41) is 2.54. The van der Waals surface area contributed by atoms with Crippen LogP contribution in [0, 0.1) is 11.6 Å².